The lowest BCUT2D eigenvalue weighted by molar-refractivity contribution is -0.0180. The highest BCUT2D eigenvalue weighted by Crippen LogP contribution is 2.21. The van der Waals surface area contributed by atoms with E-state index in [-0.39, 0.29) is 12.1 Å². The maximum Gasteiger partial charge on any atom is 0.315 e. The largest absolute Gasteiger partial charge is 0.335 e. The molecule has 0 bridgehead atoms. The molecule has 1 aliphatic carbocycles. The Balaban J connectivity index is 1.45. The molecule has 21 heavy (non-hydrogen) atoms. The second-order valence-corrected chi connectivity index (χ2v) is 5.68. The van der Waals surface area contributed by atoms with E-state index in [1.54, 1.807) is 0 Å². The number of fused-ring (bicyclic) bond motifs is 1. The number of carbonyl (C=O) groups excluding carboxylic acids is 1. The normalized spacial score (nSPS) is 19.8. The quantitative estimate of drug-likeness (QED) is 0.833. The first-order valence-corrected chi connectivity index (χ1v) is 7.38. The van der Waals surface area contributed by atoms with E-state index >= 15 is 0 Å². The molecule has 2 heterocycles. The highest BCUT2D eigenvalue weighted by Gasteiger charge is 2.18. The third-order valence-corrected chi connectivity index (χ3v) is 3.97. The van der Waals surface area contributed by atoms with Crippen LogP contribution in [-0.4, -0.2) is 43.7 Å². The van der Waals surface area contributed by atoms with Crippen molar-refractivity contribution in [3.05, 3.63) is 29.2 Å². The molecular formula is C15H21N3O3. The van der Waals surface area contributed by atoms with Crippen molar-refractivity contribution in [2.75, 3.05) is 26.7 Å². The van der Waals surface area contributed by atoms with Gasteiger partial charge in [0.2, 0.25) is 11.5 Å². The number of carbonyl (C=O) groups is 1. The number of rotatable bonds is 3. The number of nitrogens with zero attached hydrogens (tertiary/aromatic N) is 1. The fourth-order valence-corrected chi connectivity index (χ4v) is 2.60. The van der Waals surface area contributed by atoms with Crippen LogP contribution in [-0.2, 0) is 6.42 Å². The average molecular weight is 291 g/mol. The molecule has 1 aromatic heterocycles. The molecule has 1 aliphatic heterocycles. The molecule has 0 saturated carbocycles. The Morgan fingerprint density at radius 1 is 1.38 bits per heavy atom. The Labute approximate surface area is 123 Å². The predicted octanol–water partition coefficient (Wildman–Crippen LogP) is 1.76. The number of nitrogens with one attached hydrogen (secondary N) is 2. The van der Waals surface area contributed by atoms with Crippen LogP contribution in [0.1, 0.15) is 24.4 Å². The third kappa shape index (κ3) is 3.58. The molecule has 0 unspecified atom stereocenters. The van der Waals surface area contributed by atoms with Gasteiger partial charge in [0.05, 0.1) is 0 Å². The van der Waals surface area contributed by atoms with E-state index in [1.807, 2.05) is 18.2 Å². The summed E-state index contributed by atoms with van der Waals surface area (Å²) in [5, 5.41) is 5.93. The number of hydrogen-bond acceptors (Lipinski definition) is 4. The average Bonchev–Trinajstić information content (AvgIpc) is 2.59. The van der Waals surface area contributed by atoms with Crippen molar-refractivity contribution in [2.45, 2.75) is 25.3 Å². The Morgan fingerprint density at radius 2 is 2.19 bits per heavy atom. The molecule has 0 atom stereocenters. The van der Waals surface area contributed by atoms with Crippen LogP contribution in [0.3, 0.4) is 0 Å². The number of allylic oxidation sites excluding steroid dienone is 1. The number of hydrogen-bond donors (Lipinski definition) is 2. The van der Waals surface area contributed by atoms with E-state index < -0.39 is 0 Å². The molecule has 0 radical (unpaired) electrons. The number of amides is 2. The minimum atomic E-state index is -0.108. The van der Waals surface area contributed by atoms with Crippen LogP contribution in [0.4, 0.5) is 4.79 Å². The van der Waals surface area contributed by atoms with Crippen LogP contribution in [0.2, 0.25) is 0 Å². The lowest BCUT2D eigenvalue weighted by atomic mass is 10.1. The molecule has 6 nitrogen and oxygen atoms in total. The van der Waals surface area contributed by atoms with E-state index in [1.165, 1.54) is 0 Å². The molecule has 1 fully saturated rings. The van der Waals surface area contributed by atoms with Gasteiger partial charge in [-0.15, -0.1) is 0 Å². The molecule has 6 heteroatoms. The lowest BCUT2D eigenvalue weighted by Crippen LogP contribution is -2.47. The van der Waals surface area contributed by atoms with Gasteiger partial charge in [-0.3, -0.25) is 9.15 Å². The standard InChI is InChI=1S/C15H21N3O3/c1-18-7-5-12(6-8-18)17-15(19)16-10-11-3-2-4-13-14(9-11)21-20-13/h2-3,9,12H,4-8,10H2,1H3,(H2,16,17,19). The van der Waals surface area contributed by atoms with Crippen molar-refractivity contribution >= 4 is 12.1 Å². The van der Waals surface area contributed by atoms with Gasteiger partial charge < -0.3 is 15.5 Å². The first-order valence-electron chi connectivity index (χ1n) is 7.38. The van der Waals surface area contributed by atoms with Gasteiger partial charge in [0.1, 0.15) is 0 Å². The Hall–Kier alpha value is -1.95. The maximum absolute atomic E-state index is 11.9. The third-order valence-electron chi connectivity index (χ3n) is 3.97. The number of likely N-dealkylation sites (tertiary alicyclic amines) is 1. The Morgan fingerprint density at radius 3 is 2.90 bits per heavy atom. The molecule has 2 aliphatic rings. The lowest BCUT2D eigenvalue weighted by Gasteiger charge is -2.29. The van der Waals surface area contributed by atoms with Crippen LogP contribution in [0.15, 0.2) is 26.9 Å². The van der Waals surface area contributed by atoms with Crippen molar-refractivity contribution in [3.63, 3.8) is 0 Å². The van der Waals surface area contributed by atoms with Gasteiger partial charge in [-0.2, -0.15) is 0 Å². The zero-order valence-corrected chi connectivity index (χ0v) is 12.2. The monoisotopic (exact) mass is 291 g/mol. The summed E-state index contributed by atoms with van der Waals surface area (Å²) in [5.41, 5.74) is 1.00. The zero-order valence-electron chi connectivity index (χ0n) is 12.2. The van der Waals surface area contributed by atoms with E-state index in [0.717, 1.165) is 49.4 Å². The van der Waals surface area contributed by atoms with Gasteiger partial charge >= 0.3 is 6.03 Å². The summed E-state index contributed by atoms with van der Waals surface area (Å²) < 4.78 is 9.79. The van der Waals surface area contributed by atoms with Crippen LogP contribution < -0.4 is 10.6 Å². The molecule has 2 amide bonds. The van der Waals surface area contributed by atoms with Gasteiger partial charge in [-0.1, -0.05) is 12.2 Å². The van der Waals surface area contributed by atoms with Gasteiger partial charge in [-0.25, -0.2) is 4.79 Å². The minimum Gasteiger partial charge on any atom is -0.335 e. The van der Waals surface area contributed by atoms with Crippen LogP contribution in [0, 0.1) is 0 Å². The van der Waals surface area contributed by atoms with Crippen molar-refractivity contribution < 1.29 is 13.9 Å². The summed E-state index contributed by atoms with van der Waals surface area (Å²) >= 11 is 0. The molecule has 1 saturated heterocycles. The van der Waals surface area contributed by atoms with E-state index in [9.17, 15) is 4.79 Å². The summed E-state index contributed by atoms with van der Waals surface area (Å²) in [7, 11) is 2.11. The highest BCUT2D eigenvalue weighted by molar-refractivity contribution is 5.75. The van der Waals surface area contributed by atoms with Crippen molar-refractivity contribution in [1.82, 2.24) is 15.5 Å². The topological polar surface area (TPSA) is 70.7 Å². The van der Waals surface area contributed by atoms with Gasteiger partial charge in [0, 0.05) is 19.0 Å². The van der Waals surface area contributed by atoms with Crippen molar-refractivity contribution in [3.8, 4) is 0 Å². The molecule has 1 aromatic rings. The van der Waals surface area contributed by atoms with Crippen molar-refractivity contribution in [1.29, 1.82) is 0 Å². The van der Waals surface area contributed by atoms with Crippen molar-refractivity contribution in [2.24, 2.45) is 0 Å². The minimum absolute atomic E-state index is 0.108. The number of urea groups is 1. The predicted molar refractivity (Wildman–Crippen MR) is 78.8 cm³/mol. The smallest absolute Gasteiger partial charge is 0.315 e. The highest BCUT2D eigenvalue weighted by atomic mass is 17.0. The summed E-state index contributed by atoms with van der Waals surface area (Å²) in [4.78, 5) is 14.2. The molecule has 114 valence electrons. The van der Waals surface area contributed by atoms with Gasteiger partial charge in [0.25, 0.3) is 0 Å². The molecule has 0 spiro atoms. The summed E-state index contributed by atoms with van der Waals surface area (Å²) in [6.45, 7) is 2.55. The van der Waals surface area contributed by atoms with Crippen LogP contribution in [0.25, 0.3) is 6.08 Å². The molecule has 2 N–H and O–H groups in total. The van der Waals surface area contributed by atoms with Crippen LogP contribution in [0.5, 0.6) is 0 Å². The van der Waals surface area contributed by atoms with E-state index in [0.29, 0.717) is 6.54 Å². The molecule has 3 rings (SSSR count). The second kappa shape index (κ2) is 6.22. The first kappa shape index (κ1) is 14.0. The maximum atomic E-state index is 11.9. The zero-order chi connectivity index (χ0) is 14.7. The number of piperidine rings is 1. The fourth-order valence-electron chi connectivity index (χ4n) is 2.60. The SMILES string of the molecule is CN1CCC(NC(=O)NCC2=Cc3ooc3CC=C2)CC1. The van der Waals surface area contributed by atoms with E-state index in [4.69, 9.17) is 9.15 Å². The first-order chi connectivity index (χ1) is 10.2. The summed E-state index contributed by atoms with van der Waals surface area (Å²) in [6.07, 6.45) is 8.64. The summed E-state index contributed by atoms with van der Waals surface area (Å²) in [6, 6.07) is 0.167. The van der Waals surface area contributed by atoms with Gasteiger partial charge in [-0.05, 0) is 44.6 Å². The van der Waals surface area contributed by atoms with E-state index in [2.05, 4.69) is 22.6 Å². The summed E-state index contributed by atoms with van der Waals surface area (Å²) in [5.74, 6) is 1.60. The van der Waals surface area contributed by atoms with Crippen LogP contribution >= 0.6 is 0 Å². The Kier molecular flexibility index (Phi) is 4.15. The fraction of sp³-hybridized carbons (Fsp3) is 0.533. The molecular weight excluding hydrogens is 270 g/mol. The second-order valence-electron chi connectivity index (χ2n) is 5.68. The van der Waals surface area contributed by atoms with Gasteiger partial charge in [0.15, 0.2) is 0 Å². The Bertz CT molecular complexity index is 548. The molecule has 0 aromatic carbocycles.